The van der Waals surface area contributed by atoms with Gasteiger partial charge in [0.25, 0.3) is 0 Å². The molecule has 1 aliphatic rings. The van der Waals surface area contributed by atoms with Gasteiger partial charge in [-0.15, -0.1) is 0 Å². The number of hydrogen-bond donors (Lipinski definition) is 0. The normalized spacial score (nSPS) is 14.3. The zero-order valence-corrected chi connectivity index (χ0v) is 21.8. The van der Waals surface area contributed by atoms with E-state index in [0.717, 1.165) is 66.2 Å². The Hall–Kier alpha value is -3.32. The van der Waals surface area contributed by atoms with E-state index in [1.807, 2.05) is 50.4 Å². The minimum Gasteiger partial charge on any atom is -0.497 e. The number of hydrogen-bond acceptors (Lipinski definition) is 7. The number of carbonyl (C=O) groups excluding carboxylic acids is 1. The lowest BCUT2D eigenvalue weighted by molar-refractivity contribution is -0.149. The number of aryl methyl sites for hydroxylation is 1. The van der Waals surface area contributed by atoms with Gasteiger partial charge in [0.2, 0.25) is 5.28 Å². The van der Waals surface area contributed by atoms with Crippen molar-refractivity contribution < 1.29 is 19.0 Å². The third-order valence-corrected chi connectivity index (χ3v) is 6.46. The average molecular weight is 510 g/mol. The summed E-state index contributed by atoms with van der Waals surface area (Å²) in [7, 11) is 3.63. The molecule has 0 unspecified atom stereocenters. The first-order chi connectivity index (χ1) is 17.5. The standard InChI is InChI=1S/C28H32ClN3O4/c1-4-6-26(33)36-25-14-9-20-17-22(12-13-23(20)25)35-16-5-15-32(2)27-24(18-30-28(29)31-27)19-7-10-21(34-3)11-8-19/h7-8,10-13,17-18,25H,4-6,9,14-16H2,1-3H3/t25-/m0/s1. The Kier molecular flexibility index (Phi) is 8.65. The van der Waals surface area contributed by atoms with Gasteiger partial charge in [-0.3, -0.25) is 4.79 Å². The topological polar surface area (TPSA) is 73.8 Å². The molecule has 4 rings (SSSR count). The van der Waals surface area contributed by atoms with Crippen LogP contribution in [-0.2, 0) is 16.0 Å². The molecule has 0 spiro atoms. The minimum atomic E-state index is -0.138. The first-order valence-corrected chi connectivity index (χ1v) is 12.7. The molecule has 1 atom stereocenters. The van der Waals surface area contributed by atoms with Crippen molar-refractivity contribution in [1.29, 1.82) is 0 Å². The van der Waals surface area contributed by atoms with E-state index in [-0.39, 0.29) is 17.4 Å². The SMILES string of the molecule is CCCC(=O)O[C@H]1CCc2cc(OCCCN(C)c3nc(Cl)ncc3-c3ccc(OC)cc3)ccc21. The van der Waals surface area contributed by atoms with Gasteiger partial charge < -0.3 is 19.1 Å². The van der Waals surface area contributed by atoms with Crippen molar-refractivity contribution >= 4 is 23.4 Å². The Morgan fingerprint density at radius 1 is 1.17 bits per heavy atom. The fourth-order valence-electron chi connectivity index (χ4n) is 4.40. The van der Waals surface area contributed by atoms with Crippen molar-refractivity contribution in [3.63, 3.8) is 0 Å². The van der Waals surface area contributed by atoms with Crippen molar-refractivity contribution in [3.05, 3.63) is 65.1 Å². The van der Waals surface area contributed by atoms with E-state index in [1.165, 1.54) is 5.56 Å². The van der Waals surface area contributed by atoms with Gasteiger partial charge in [-0.2, -0.15) is 4.98 Å². The number of carbonyl (C=O) groups is 1. The fourth-order valence-corrected chi connectivity index (χ4v) is 4.53. The van der Waals surface area contributed by atoms with Crippen LogP contribution in [0.5, 0.6) is 11.5 Å². The third kappa shape index (κ3) is 6.26. The summed E-state index contributed by atoms with van der Waals surface area (Å²) in [5, 5.41) is 0.210. The minimum absolute atomic E-state index is 0.125. The number of halogens is 1. The largest absolute Gasteiger partial charge is 0.497 e. The molecule has 0 saturated heterocycles. The van der Waals surface area contributed by atoms with Crippen LogP contribution in [0.25, 0.3) is 11.1 Å². The number of anilines is 1. The van der Waals surface area contributed by atoms with Gasteiger partial charge in [0.1, 0.15) is 23.4 Å². The van der Waals surface area contributed by atoms with Crippen LogP contribution in [0.4, 0.5) is 5.82 Å². The first-order valence-electron chi connectivity index (χ1n) is 12.3. The Balaban J connectivity index is 1.33. The van der Waals surface area contributed by atoms with E-state index in [9.17, 15) is 4.79 Å². The van der Waals surface area contributed by atoms with Crippen LogP contribution in [0.3, 0.4) is 0 Å². The highest BCUT2D eigenvalue weighted by molar-refractivity contribution is 6.28. The van der Waals surface area contributed by atoms with Crippen molar-refractivity contribution in [3.8, 4) is 22.6 Å². The lowest BCUT2D eigenvalue weighted by atomic mass is 10.1. The van der Waals surface area contributed by atoms with Gasteiger partial charge in [0.05, 0.1) is 13.7 Å². The van der Waals surface area contributed by atoms with Crippen LogP contribution in [0.15, 0.2) is 48.7 Å². The third-order valence-electron chi connectivity index (χ3n) is 6.27. The summed E-state index contributed by atoms with van der Waals surface area (Å²) in [6.45, 7) is 3.28. The maximum atomic E-state index is 11.9. The molecule has 36 heavy (non-hydrogen) atoms. The first kappa shape index (κ1) is 25.8. The summed E-state index contributed by atoms with van der Waals surface area (Å²) in [6.07, 6.45) is 5.39. The van der Waals surface area contributed by atoms with E-state index >= 15 is 0 Å². The zero-order chi connectivity index (χ0) is 25.5. The van der Waals surface area contributed by atoms with E-state index in [2.05, 4.69) is 20.9 Å². The molecule has 8 heteroatoms. The highest BCUT2D eigenvalue weighted by Gasteiger charge is 2.26. The zero-order valence-electron chi connectivity index (χ0n) is 21.0. The van der Waals surface area contributed by atoms with Crippen LogP contribution in [-0.4, -0.2) is 43.2 Å². The van der Waals surface area contributed by atoms with Crippen molar-refractivity contribution in [1.82, 2.24) is 9.97 Å². The molecule has 190 valence electrons. The number of aromatic nitrogens is 2. The molecule has 0 amide bonds. The highest BCUT2D eigenvalue weighted by atomic mass is 35.5. The molecule has 0 radical (unpaired) electrons. The second-order valence-electron chi connectivity index (χ2n) is 8.86. The monoisotopic (exact) mass is 509 g/mol. The van der Waals surface area contributed by atoms with Gasteiger partial charge in [0, 0.05) is 31.8 Å². The van der Waals surface area contributed by atoms with E-state index in [1.54, 1.807) is 13.3 Å². The Bertz CT molecular complexity index is 1190. The number of esters is 1. The number of benzene rings is 2. The summed E-state index contributed by atoms with van der Waals surface area (Å²) in [6, 6.07) is 13.8. The second kappa shape index (κ2) is 12.1. The van der Waals surface area contributed by atoms with Crippen molar-refractivity contribution in [2.24, 2.45) is 0 Å². The van der Waals surface area contributed by atoms with Gasteiger partial charge in [-0.05, 0) is 78.2 Å². The molecule has 1 heterocycles. The smallest absolute Gasteiger partial charge is 0.306 e. The number of rotatable bonds is 11. The van der Waals surface area contributed by atoms with Crippen molar-refractivity contribution in [2.75, 3.05) is 32.2 Å². The Morgan fingerprint density at radius 3 is 2.69 bits per heavy atom. The fraction of sp³-hybridized carbons (Fsp3) is 0.393. The predicted molar refractivity (Wildman–Crippen MR) is 141 cm³/mol. The van der Waals surface area contributed by atoms with Crippen molar-refractivity contribution in [2.45, 2.75) is 45.1 Å². The Labute approximate surface area is 217 Å². The van der Waals surface area contributed by atoms with Gasteiger partial charge in [-0.25, -0.2) is 4.98 Å². The molecule has 1 aromatic heterocycles. The molecule has 0 bridgehead atoms. The quantitative estimate of drug-likeness (QED) is 0.177. The van der Waals surface area contributed by atoms with E-state index in [0.29, 0.717) is 13.0 Å². The Morgan fingerprint density at radius 2 is 1.94 bits per heavy atom. The molecular weight excluding hydrogens is 478 g/mol. The average Bonchev–Trinajstić information content (AvgIpc) is 3.28. The second-order valence-corrected chi connectivity index (χ2v) is 9.19. The van der Waals surface area contributed by atoms with Gasteiger partial charge in [0.15, 0.2) is 0 Å². The van der Waals surface area contributed by atoms with Crippen LogP contribution in [0.2, 0.25) is 5.28 Å². The number of methoxy groups -OCH3 is 1. The number of ether oxygens (including phenoxy) is 3. The number of fused-ring (bicyclic) bond motifs is 1. The van der Waals surface area contributed by atoms with Crippen LogP contribution in [0, 0.1) is 0 Å². The molecule has 0 aliphatic heterocycles. The predicted octanol–water partition coefficient (Wildman–Crippen LogP) is 6.04. The van der Waals surface area contributed by atoms with E-state index < -0.39 is 0 Å². The molecule has 3 aromatic rings. The summed E-state index contributed by atoms with van der Waals surface area (Å²) >= 11 is 6.12. The maximum absolute atomic E-state index is 11.9. The molecule has 0 saturated carbocycles. The lowest BCUT2D eigenvalue weighted by Gasteiger charge is -2.21. The van der Waals surface area contributed by atoms with Crippen LogP contribution < -0.4 is 14.4 Å². The van der Waals surface area contributed by atoms with Gasteiger partial charge in [-0.1, -0.05) is 25.1 Å². The summed E-state index contributed by atoms with van der Waals surface area (Å²) in [4.78, 5) is 22.6. The van der Waals surface area contributed by atoms with Crippen LogP contribution >= 0.6 is 11.6 Å². The summed E-state index contributed by atoms with van der Waals surface area (Å²) < 4.78 is 16.9. The molecule has 0 N–H and O–H groups in total. The molecule has 7 nitrogen and oxygen atoms in total. The number of nitrogens with zero attached hydrogens (tertiary/aromatic N) is 3. The lowest BCUT2D eigenvalue weighted by Crippen LogP contribution is -2.22. The molecule has 0 fully saturated rings. The van der Waals surface area contributed by atoms with Gasteiger partial charge >= 0.3 is 5.97 Å². The van der Waals surface area contributed by atoms with Crippen LogP contribution in [0.1, 0.15) is 49.8 Å². The summed E-state index contributed by atoms with van der Waals surface area (Å²) in [5.74, 6) is 2.27. The molecule has 1 aliphatic carbocycles. The highest BCUT2D eigenvalue weighted by Crippen LogP contribution is 2.36. The molecular formula is C28H32ClN3O4. The summed E-state index contributed by atoms with van der Waals surface area (Å²) in [5.41, 5.74) is 4.18. The maximum Gasteiger partial charge on any atom is 0.306 e. The van der Waals surface area contributed by atoms with E-state index in [4.69, 9.17) is 25.8 Å². The molecule has 2 aromatic carbocycles.